The summed E-state index contributed by atoms with van der Waals surface area (Å²) in [5, 5.41) is 4.77. The van der Waals surface area contributed by atoms with Gasteiger partial charge in [0.15, 0.2) is 5.82 Å². The maximum Gasteiger partial charge on any atom is 0.405 e. The molecule has 0 fully saturated rings. The molecule has 0 unspecified atom stereocenters. The number of rotatable bonds is 5. The average molecular weight is 396 g/mol. The van der Waals surface area contributed by atoms with Crippen LogP contribution in [0.15, 0.2) is 42.5 Å². The van der Waals surface area contributed by atoms with Crippen LogP contribution < -0.4 is 16.4 Å². The van der Waals surface area contributed by atoms with Gasteiger partial charge in [-0.25, -0.2) is 23.7 Å². The van der Waals surface area contributed by atoms with Crippen molar-refractivity contribution in [3.05, 3.63) is 54.1 Å². The first-order valence-electron chi connectivity index (χ1n) is 7.84. The molecular formula is C17H13F5N6. The lowest BCUT2D eigenvalue weighted by Crippen LogP contribution is -2.22. The predicted molar refractivity (Wildman–Crippen MR) is 93.9 cm³/mol. The number of hydrogen-bond acceptors (Lipinski definition) is 6. The molecule has 11 heteroatoms. The van der Waals surface area contributed by atoms with E-state index in [2.05, 4.69) is 25.6 Å². The minimum atomic E-state index is -4.47. The van der Waals surface area contributed by atoms with Gasteiger partial charge in [-0.1, -0.05) is 6.07 Å². The van der Waals surface area contributed by atoms with Gasteiger partial charge in [0.25, 0.3) is 0 Å². The molecular weight excluding hydrogens is 383 g/mol. The molecule has 2 aromatic heterocycles. The number of pyridine rings is 1. The van der Waals surface area contributed by atoms with Crippen LogP contribution in [0.2, 0.25) is 0 Å². The maximum atomic E-state index is 13.4. The zero-order valence-electron chi connectivity index (χ0n) is 14.1. The van der Waals surface area contributed by atoms with E-state index < -0.39 is 24.4 Å². The third kappa shape index (κ3) is 5.25. The lowest BCUT2D eigenvalue weighted by atomic mass is 10.3. The van der Waals surface area contributed by atoms with Gasteiger partial charge in [-0.3, -0.25) is 0 Å². The minimum Gasteiger partial charge on any atom is -0.384 e. The van der Waals surface area contributed by atoms with Crippen LogP contribution in [0.5, 0.6) is 0 Å². The summed E-state index contributed by atoms with van der Waals surface area (Å²) in [4.78, 5) is 12.2. The number of nitrogen functional groups attached to an aromatic ring is 1. The Morgan fingerprint density at radius 2 is 1.57 bits per heavy atom. The number of nitrogens with one attached hydrogen (secondary N) is 2. The van der Waals surface area contributed by atoms with Crippen LogP contribution in [-0.4, -0.2) is 27.7 Å². The predicted octanol–water partition coefficient (Wildman–Crippen LogP) is 4.12. The van der Waals surface area contributed by atoms with E-state index in [0.717, 1.165) is 12.1 Å². The fourth-order valence-electron chi connectivity index (χ4n) is 2.26. The zero-order chi connectivity index (χ0) is 20.3. The zero-order valence-corrected chi connectivity index (χ0v) is 14.1. The topological polar surface area (TPSA) is 88.8 Å². The monoisotopic (exact) mass is 396 g/mol. The van der Waals surface area contributed by atoms with E-state index in [0.29, 0.717) is 6.07 Å². The van der Waals surface area contributed by atoms with Gasteiger partial charge in [-0.05, 0) is 24.3 Å². The lowest BCUT2D eigenvalue weighted by Gasteiger charge is -2.13. The van der Waals surface area contributed by atoms with Gasteiger partial charge in [-0.15, -0.1) is 0 Å². The van der Waals surface area contributed by atoms with Crippen molar-refractivity contribution in [2.24, 2.45) is 0 Å². The van der Waals surface area contributed by atoms with Crippen molar-refractivity contribution in [2.75, 3.05) is 22.9 Å². The molecule has 0 saturated heterocycles. The summed E-state index contributed by atoms with van der Waals surface area (Å²) in [5.41, 5.74) is 5.84. The third-order valence-corrected chi connectivity index (χ3v) is 3.33. The summed E-state index contributed by atoms with van der Waals surface area (Å²) in [5.74, 6) is -1.68. The van der Waals surface area contributed by atoms with Gasteiger partial charge < -0.3 is 16.4 Å². The molecule has 2 heterocycles. The molecule has 0 atom stereocenters. The first-order valence-corrected chi connectivity index (χ1v) is 7.84. The molecule has 0 aliphatic carbocycles. The summed E-state index contributed by atoms with van der Waals surface area (Å²) in [6.45, 7) is -1.33. The van der Waals surface area contributed by atoms with Gasteiger partial charge in [0.1, 0.15) is 41.3 Å². The first-order chi connectivity index (χ1) is 13.2. The van der Waals surface area contributed by atoms with E-state index in [9.17, 15) is 22.0 Å². The normalized spacial score (nSPS) is 11.3. The molecule has 3 aromatic rings. The number of nitrogens with zero attached hydrogens (tertiary/aromatic N) is 3. The van der Waals surface area contributed by atoms with Crippen molar-refractivity contribution < 1.29 is 22.0 Å². The average Bonchev–Trinajstić information content (AvgIpc) is 2.58. The van der Waals surface area contributed by atoms with E-state index in [1.807, 2.05) is 0 Å². The minimum absolute atomic E-state index is 0.00361. The standard InChI is InChI=1S/C17H13F5N6/c18-9-4-10(19)6-11(5-9)25-15-7-14(24-8-17(20,21)22)27-16(28-15)12-2-1-3-13(23)26-12/h1-7H,8H2,(H2,23,26)(H2,24,25,27,28). The Bertz CT molecular complexity index is 972. The molecule has 4 N–H and O–H groups in total. The second kappa shape index (κ2) is 7.62. The number of nitrogens with two attached hydrogens (primary N) is 1. The number of anilines is 4. The van der Waals surface area contributed by atoms with E-state index in [1.54, 1.807) is 6.07 Å². The summed E-state index contributed by atoms with van der Waals surface area (Å²) >= 11 is 0. The Balaban J connectivity index is 1.98. The van der Waals surface area contributed by atoms with Crippen LogP contribution in [-0.2, 0) is 0 Å². The maximum absolute atomic E-state index is 13.4. The van der Waals surface area contributed by atoms with Crippen molar-refractivity contribution >= 4 is 23.1 Å². The molecule has 0 aliphatic rings. The number of alkyl halides is 3. The highest BCUT2D eigenvalue weighted by molar-refractivity contribution is 5.64. The highest BCUT2D eigenvalue weighted by atomic mass is 19.4. The van der Waals surface area contributed by atoms with E-state index in [1.165, 1.54) is 18.2 Å². The molecule has 0 saturated carbocycles. The summed E-state index contributed by atoms with van der Waals surface area (Å²) in [7, 11) is 0. The molecule has 0 spiro atoms. The molecule has 0 radical (unpaired) electrons. The lowest BCUT2D eigenvalue weighted by molar-refractivity contribution is -0.115. The Hall–Kier alpha value is -3.50. The quantitative estimate of drug-likeness (QED) is 0.563. The van der Waals surface area contributed by atoms with Gasteiger partial charge in [0.2, 0.25) is 0 Å². The molecule has 6 nitrogen and oxygen atoms in total. The summed E-state index contributed by atoms with van der Waals surface area (Å²) in [6, 6.07) is 8.48. The number of benzene rings is 1. The Kier molecular flexibility index (Phi) is 5.25. The van der Waals surface area contributed by atoms with Crippen LogP contribution in [0.1, 0.15) is 0 Å². The molecule has 28 heavy (non-hydrogen) atoms. The smallest absolute Gasteiger partial charge is 0.384 e. The summed E-state index contributed by atoms with van der Waals surface area (Å²) < 4.78 is 64.3. The molecule has 0 amide bonds. The fraction of sp³-hybridized carbons (Fsp3) is 0.118. The van der Waals surface area contributed by atoms with Crippen LogP contribution in [0.3, 0.4) is 0 Å². The van der Waals surface area contributed by atoms with Crippen LogP contribution >= 0.6 is 0 Å². The van der Waals surface area contributed by atoms with E-state index >= 15 is 0 Å². The van der Waals surface area contributed by atoms with Crippen LogP contribution in [0, 0.1) is 11.6 Å². The van der Waals surface area contributed by atoms with Crippen molar-refractivity contribution in [1.82, 2.24) is 15.0 Å². The molecule has 0 aliphatic heterocycles. The van der Waals surface area contributed by atoms with Crippen molar-refractivity contribution in [2.45, 2.75) is 6.18 Å². The largest absolute Gasteiger partial charge is 0.405 e. The second-order valence-corrected chi connectivity index (χ2v) is 5.66. The van der Waals surface area contributed by atoms with Gasteiger partial charge >= 0.3 is 6.18 Å². The van der Waals surface area contributed by atoms with Crippen molar-refractivity contribution in [1.29, 1.82) is 0 Å². The van der Waals surface area contributed by atoms with E-state index in [4.69, 9.17) is 5.73 Å². The van der Waals surface area contributed by atoms with E-state index in [-0.39, 0.29) is 34.7 Å². The Morgan fingerprint density at radius 3 is 2.21 bits per heavy atom. The van der Waals surface area contributed by atoms with Crippen molar-refractivity contribution in [3.8, 4) is 11.5 Å². The molecule has 3 rings (SSSR count). The third-order valence-electron chi connectivity index (χ3n) is 3.33. The second-order valence-electron chi connectivity index (χ2n) is 5.66. The molecule has 146 valence electrons. The number of hydrogen-bond donors (Lipinski definition) is 3. The summed E-state index contributed by atoms with van der Waals surface area (Å²) in [6.07, 6.45) is -4.47. The first kappa shape index (κ1) is 19.3. The fourth-order valence-corrected chi connectivity index (χ4v) is 2.26. The van der Waals surface area contributed by atoms with Crippen LogP contribution in [0.4, 0.5) is 45.1 Å². The SMILES string of the molecule is Nc1cccc(-c2nc(NCC(F)(F)F)cc(Nc3cc(F)cc(F)c3)n2)n1. The number of aromatic nitrogens is 3. The molecule has 1 aromatic carbocycles. The Labute approximate surface area is 155 Å². The van der Waals surface area contributed by atoms with Crippen LogP contribution in [0.25, 0.3) is 11.5 Å². The van der Waals surface area contributed by atoms with Gasteiger partial charge in [0.05, 0.1) is 0 Å². The number of halogens is 5. The molecule has 0 bridgehead atoms. The Morgan fingerprint density at radius 1 is 0.893 bits per heavy atom. The highest BCUT2D eigenvalue weighted by Gasteiger charge is 2.27. The van der Waals surface area contributed by atoms with Gasteiger partial charge in [0, 0.05) is 17.8 Å². The highest BCUT2D eigenvalue weighted by Crippen LogP contribution is 2.24. The van der Waals surface area contributed by atoms with Crippen molar-refractivity contribution in [3.63, 3.8) is 0 Å². The van der Waals surface area contributed by atoms with Gasteiger partial charge in [-0.2, -0.15) is 13.2 Å².